The summed E-state index contributed by atoms with van der Waals surface area (Å²) >= 11 is 0. The number of ketones is 1. The number of Topliss-reactive ketones (excluding diaryl/α,β-unsaturated/α-hetero) is 1. The number of primary amides is 1. The lowest BCUT2D eigenvalue weighted by molar-refractivity contribution is -0.114. The number of aromatic nitrogens is 2. The van der Waals surface area contributed by atoms with E-state index in [9.17, 15) is 14.0 Å². The van der Waals surface area contributed by atoms with Gasteiger partial charge in [-0.05, 0) is 53.9 Å². The number of amides is 1. The molecular formula is C24H21FN4O2. The van der Waals surface area contributed by atoms with E-state index in [1.165, 1.54) is 18.3 Å². The molecule has 2 aromatic heterocycles. The molecule has 0 aliphatic rings. The van der Waals surface area contributed by atoms with Gasteiger partial charge in [-0.3, -0.25) is 9.59 Å². The smallest absolute Gasteiger partial charge is 0.289 e. The van der Waals surface area contributed by atoms with Crippen molar-refractivity contribution in [3.05, 3.63) is 77.7 Å². The number of carbonyl (C=O) groups excluding carboxylic acids is 2. The summed E-state index contributed by atoms with van der Waals surface area (Å²) in [5, 5.41) is 3.89. The summed E-state index contributed by atoms with van der Waals surface area (Å²) in [5.74, 6) is -1.31. The van der Waals surface area contributed by atoms with Crippen LogP contribution in [0, 0.1) is 5.82 Å². The number of halogens is 1. The van der Waals surface area contributed by atoms with E-state index in [1.54, 1.807) is 12.1 Å². The van der Waals surface area contributed by atoms with Crippen LogP contribution in [0.3, 0.4) is 0 Å². The Bertz CT molecular complexity index is 1290. The second kappa shape index (κ2) is 8.02. The molecule has 6 nitrogen and oxygen atoms in total. The molecule has 156 valence electrons. The van der Waals surface area contributed by atoms with Gasteiger partial charge in [0.15, 0.2) is 0 Å². The molecule has 2 aromatic carbocycles. The number of nitrogens with zero attached hydrogens (tertiary/aromatic N) is 1. The fraction of sp³-hybridized carbons (Fsp3) is 0.125. The van der Waals surface area contributed by atoms with Crippen molar-refractivity contribution >= 4 is 34.1 Å². The summed E-state index contributed by atoms with van der Waals surface area (Å²) in [6, 6.07) is 15.5. The molecule has 0 atom stereocenters. The second-order valence-corrected chi connectivity index (χ2v) is 7.54. The van der Waals surface area contributed by atoms with Gasteiger partial charge in [0.05, 0.1) is 11.3 Å². The Morgan fingerprint density at radius 2 is 1.81 bits per heavy atom. The average Bonchev–Trinajstić information content (AvgIpc) is 3.18. The minimum atomic E-state index is -1.02. The lowest BCUT2D eigenvalue weighted by Crippen LogP contribution is -2.22. The van der Waals surface area contributed by atoms with Crippen LogP contribution in [0.1, 0.15) is 35.7 Å². The monoisotopic (exact) mass is 416 g/mol. The van der Waals surface area contributed by atoms with Crippen molar-refractivity contribution in [1.82, 2.24) is 9.97 Å². The van der Waals surface area contributed by atoms with Gasteiger partial charge in [-0.25, -0.2) is 9.37 Å². The zero-order chi connectivity index (χ0) is 22.1. The van der Waals surface area contributed by atoms with Crippen molar-refractivity contribution < 1.29 is 14.0 Å². The van der Waals surface area contributed by atoms with E-state index in [1.807, 2.05) is 30.3 Å². The van der Waals surface area contributed by atoms with Gasteiger partial charge < -0.3 is 16.0 Å². The molecule has 0 fully saturated rings. The number of pyridine rings is 1. The minimum Gasteiger partial charge on any atom is -0.363 e. The third-order valence-corrected chi connectivity index (χ3v) is 5.12. The van der Waals surface area contributed by atoms with Gasteiger partial charge in [-0.1, -0.05) is 26.0 Å². The van der Waals surface area contributed by atoms with Crippen LogP contribution in [0.2, 0.25) is 0 Å². The fourth-order valence-electron chi connectivity index (χ4n) is 3.55. The highest BCUT2D eigenvalue weighted by atomic mass is 19.1. The molecule has 1 amide bonds. The summed E-state index contributed by atoms with van der Waals surface area (Å²) in [7, 11) is 0. The van der Waals surface area contributed by atoms with E-state index in [-0.39, 0.29) is 17.3 Å². The van der Waals surface area contributed by atoms with E-state index in [0.717, 1.165) is 11.1 Å². The number of hydrogen-bond acceptors (Lipinski definition) is 4. The summed E-state index contributed by atoms with van der Waals surface area (Å²) in [4.78, 5) is 31.6. The van der Waals surface area contributed by atoms with E-state index < -0.39 is 11.7 Å². The molecule has 0 spiro atoms. The van der Waals surface area contributed by atoms with Crippen LogP contribution in [0.4, 0.5) is 15.9 Å². The van der Waals surface area contributed by atoms with Crippen LogP contribution in [0.15, 0.2) is 60.8 Å². The Balaban J connectivity index is 1.83. The Morgan fingerprint density at radius 1 is 1.06 bits per heavy atom. The molecule has 4 N–H and O–H groups in total. The molecule has 0 unspecified atom stereocenters. The van der Waals surface area contributed by atoms with Crippen molar-refractivity contribution in [2.75, 3.05) is 5.32 Å². The largest absolute Gasteiger partial charge is 0.363 e. The maximum absolute atomic E-state index is 13.3. The number of rotatable bonds is 6. The predicted octanol–water partition coefficient (Wildman–Crippen LogP) is 4.90. The molecule has 0 saturated heterocycles. The van der Waals surface area contributed by atoms with E-state index in [4.69, 9.17) is 10.7 Å². The predicted molar refractivity (Wildman–Crippen MR) is 119 cm³/mol. The SMILES string of the molecule is CC(C)c1ccc(-c2ccc(F)cc2)nc1Nc1cccc2[nH]cc(C(=O)C(N)=O)c12. The molecule has 2 heterocycles. The van der Waals surface area contributed by atoms with Crippen LogP contribution in [-0.4, -0.2) is 21.7 Å². The fourth-order valence-corrected chi connectivity index (χ4v) is 3.55. The van der Waals surface area contributed by atoms with Gasteiger partial charge in [-0.15, -0.1) is 0 Å². The Hall–Kier alpha value is -4.00. The number of H-pyrrole nitrogens is 1. The molecular weight excluding hydrogens is 395 g/mol. The third kappa shape index (κ3) is 3.90. The van der Waals surface area contributed by atoms with Crippen LogP contribution < -0.4 is 11.1 Å². The first-order valence-corrected chi connectivity index (χ1v) is 9.83. The normalized spacial score (nSPS) is 11.1. The number of nitrogens with one attached hydrogen (secondary N) is 2. The molecule has 4 aromatic rings. The number of aromatic amines is 1. The minimum absolute atomic E-state index is 0.175. The number of fused-ring (bicyclic) bond motifs is 1. The lowest BCUT2D eigenvalue weighted by Gasteiger charge is -2.16. The van der Waals surface area contributed by atoms with Gasteiger partial charge in [0.2, 0.25) is 0 Å². The van der Waals surface area contributed by atoms with E-state index in [0.29, 0.717) is 28.1 Å². The maximum Gasteiger partial charge on any atom is 0.289 e. The standard InChI is InChI=1S/C24H21FN4O2/c1-13(2)16-10-11-18(14-6-8-15(25)9-7-14)28-24(16)29-20-5-3-4-19-21(20)17(12-27-19)22(30)23(26)31/h3-13,27H,1-2H3,(H2,26,31)(H,28,29). The molecule has 0 aliphatic carbocycles. The summed E-state index contributed by atoms with van der Waals surface area (Å²) < 4.78 is 13.3. The zero-order valence-corrected chi connectivity index (χ0v) is 17.1. The molecule has 0 radical (unpaired) electrons. The summed E-state index contributed by atoms with van der Waals surface area (Å²) in [5.41, 5.74) is 9.16. The van der Waals surface area contributed by atoms with Crippen molar-refractivity contribution in [2.45, 2.75) is 19.8 Å². The van der Waals surface area contributed by atoms with Gasteiger partial charge in [-0.2, -0.15) is 0 Å². The lowest BCUT2D eigenvalue weighted by atomic mass is 10.0. The summed E-state index contributed by atoms with van der Waals surface area (Å²) in [6.07, 6.45) is 1.48. The first-order chi connectivity index (χ1) is 14.8. The van der Waals surface area contributed by atoms with Crippen LogP contribution in [0.25, 0.3) is 22.2 Å². The van der Waals surface area contributed by atoms with Crippen LogP contribution in [0.5, 0.6) is 0 Å². The number of anilines is 2. The Morgan fingerprint density at radius 3 is 2.48 bits per heavy atom. The van der Waals surface area contributed by atoms with Crippen LogP contribution in [-0.2, 0) is 4.79 Å². The highest BCUT2D eigenvalue weighted by molar-refractivity contribution is 6.45. The van der Waals surface area contributed by atoms with Gasteiger partial charge in [0.1, 0.15) is 11.6 Å². The highest BCUT2D eigenvalue weighted by Crippen LogP contribution is 2.33. The average molecular weight is 416 g/mol. The molecule has 31 heavy (non-hydrogen) atoms. The van der Waals surface area contributed by atoms with Gasteiger partial charge in [0, 0.05) is 28.4 Å². The number of benzene rings is 2. The van der Waals surface area contributed by atoms with Gasteiger partial charge in [0.25, 0.3) is 11.7 Å². The van der Waals surface area contributed by atoms with Crippen molar-refractivity contribution in [2.24, 2.45) is 5.73 Å². The van der Waals surface area contributed by atoms with Crippen molar-refractivity contribution in [3.63, 3.8) is 0 Å². The Kier molecular flexibility index (Phi) is 5.25. The molecule has 7 heteroatoms. The van der Waals surface area contributed by atoms with Crippen molar-refractivity contribution in [1.29, 1.82) is 0 Å². The second-order valence-electron chi connectivity index (χ2n) is 7.54. The van der Waals surface area contributed by atoms with Gasteiger partial charge >= 0.3 is 0 Å². The maximum atomic E-state index is 13.3. The topological polar surface area (TPSA) is 101 Å². The number of carbonyl (C=O) groups is 2. The molecule has 0 bridgehead atoms. The molecule has 0 aliphatic heterocycles. The highest BCUT2D eigenvalue weighted by Gasteiger charge is 2.20. The summed E-state index contributed by atoms with van der Waals surface area (Å²) in [6.45, 7) is 4.11. The molecule has 0 saturated carbocycles. The zero-order valence-electron chi connectivity index (χ0n) is 17.1. The van der Waals surface area contributed by atoms with E-state index >= 15 is 0 Å². The van der Waals surface area contributed by atoms with E-state index in [2.05, 4.69) is 24.1 Å². The first-order valence-electron chi connectivity index (χ1n) is 9.83. The number of hydrogen-bond donors (Lipinski definition) is 3. The first kappa shape index (κ1) is 20.3. The molecule has 4 rings (SSSR count). The van der Waals surface area contributed by atoms with Crippen LogP contribution >= 0.6 is 0 Å². The third-order valence-electron chi connectivity index (χ3n) is 5.12. The number of nitrogens with two attached hydrogens (primary N) is 1. The Labute approximate surface area is 178 Å². The van der Waals surface area contributed by atoms with Crippen molar-refractivity contribution in [3.8, 4) is 11.3 Å². The quantitative estimate of drug-likeness (QED) is 0.307.